The van der Waals surface area contributed by atoms with E-state index in [9.17, 15) is 4.79 Å². The van der Waals surface area contributed by atoms with Crippen LogP contribution >= 0.6 is 39.7 Å². The Labute approximate surface area is 159 Å². The van der Waals surface area contributed by atoms with E-state index in [0.29, 0.717) is 30.5 Å². The topological polar surface area (TPSA) is 71.3 Å². The van der Waals surface area contributed by atoms with Crippen molar-refractivity contribution in [1.82, 2.24) is 20.4 Å². The molecule has 0 bridgehead atoms. The maximum atomic E-state index is 12.3. The van der Waals surface area contributed by atoms with Gasteiger partial charge in [-0.25, -0.2) is 0 Å². The fourth-order valence-electron chi connectivity index (χ4n) is 2.77. The third kappa shape index (κ3) is 4.78. The van der Waals surface area contributed by atoms with Gasteiger partial charge in [0.2, 0.25) is 17.6 Å². The maximum absolute atomic E-state index is 12.3. The molecule has 1 fully saturated rings. The van der Waals surface area contributed by atoms with E-state index in [-0.39, 0.29) is 18.3 Å². The molecule has 1 N–H and O–H groups in total. The van der Waals surface area contributed by atoms with Gasteiger partial charge < -0.3 is 14.7 Å². The summed E-state index contributed by atoms with van der Waals surface area (Å²) < 4.78 is 6.25. The Balaban J connectivity index is 0.00000208. The van der Waals surface area contributed by atoms with E-state index in [0.717, 1.165) is 35.4 Å². The molecule has 3 rings (SSSR count). The molecule has 1 aliphatic rings. The summed E-state index contributed by atoms with van der Waals surface area (Å²) in [5.74, 6) is 1.83. The van der Waals surface area contributed by atoms with Crippen LogP contribution in [0.2, 0.25) is 0 Å². The summed E-state index contributed by atoms with van der Waals surface area (Å²) in [4.78, 5) is 19.5. The lowest BCUT2D eigenvalue weighted by Gasteiger charge is -2.15. The maximum Gasteiger partial charge on any atom is 0.227 e. The van der Waals surface area contributed by atoms with Gasteiger partial charge in [0.1, 0.15) is 0 Å². The average Bonchev–Trinajstić information content (AvgIpc) is 3.25. The zero-order valence-electron chi connectivity index (χ0n) is 13.3. The molecular weight excluding hydrogens is 416 g/mol. The number of nitrogens with one attached hydrogen (secondary N) is 1. The van der Waals surface area contributed by atoms with Gasteiger partial charge in [-0.1, -0.05) is 5.16 Å². The minimum atomic E-state index is 0. The molecule has 0 radical (unpaired) electrons. The van der Waals surface area contributed by atoms with E-state index in [2.05, 4.69) is 31.4 Å². The van der Waals surface area contributed by atoms with Gasteiger partial charge in [-0.05, 0) is 47.9 Å². The SMILES string of the molecule is CNCC1CCN(C(=O)CCc2nc(-c3cc(Br)cs3)no2)C1.Cl. The zero-order valence-corrected chi connectivity index (χ0v) is 16.5. The molecule has 1 aliphatic heterocycles. The monoisotopic (exact) mass is 434 g/mol. The predicted molar refractivity (Wildman–Crippen MR) is 99.5 cm³/mol. The van der Waals surface area contributed by atoms with Crippen LogP contribution in [0.15, 0.2) is 20.4 Å². The van der Waals surface area contributed by atoms with E-state index in [4.69, 9.17) is 4.52 Å². The number of carbonyl (C=O) groups is 1. The quantitative estimate of drug-likeness (QED) is 0.755. The molecule has 1 amide bonds. The molecule has 6 nitrogen and oxygen atoms in total. The van der Waals surface area contributed by atoms with Gasteiger partial charge in [0.25, 0.3) is 0 Å². The minimum absolute atomic E-state index is 0. The summed E-state index contributed by atoms with van der Waals surface area (Å²) in [5, 5.41) is 9.13. The second-order valence-electron chi connectivity index (χ2n) is 5.69. The van der Waals surface area contributed by atoms with Crippen LogP contribution in [-0.4, -0.2) is 47.6 Å². The molecule has 3 heterocycles. The van der Waals surface area contributed by atoms with Crippen molar-refractivity contribution < 1.29 is 9.32 Å². The number of halogens is 2. The van der Waals surface area contributed by atoms with E-state index >= 15 is 0 Å². The molecular formula is C15H20BrClN4O2S. The van der Waals surface area contributed by atoms with Crippen LogP contribution in [0.5, 0.6) is 0 Å². The Bertz CT molecular complexity index is 678. The fraction of sp³-hybridized carbons (Fsp3) is 0.533. The van der Waals surface area contributed by atoms with Crippen molar-refractivity contribution in [3.05, 3.63) is 21.8 Å². The molecule has 0 spiro atoms. The lowest BCUT2D eigenvalue weighted by Crippen LogP contribution is -2.30. The van der Waals surface area contributed by atoms with Crippen LogP contribution in [-0.2, 0) is 11.2 Å². The second-order valence-corrected chi connectivity index (χ2v) is 7.52. The van der Waals surface area contributed by atoms with Gasteiger partial charge in [0.15, 0.2) is 0 Å². The van der Waals surface area contributed by atoms with Gasteiger partial charge in [-0.2, -0.15) is 4.98 Å². The van der Waals surface area contributed by atoms with Gasteiger partial charge in [0.05, 0.1) is 4.88 Å². The van der Waals surface area contributed by atoms with Gasteiger partial charge in [0, 0.05) is 35.8 Å². The van der Waals surface area contributed by atoms with E-state index < -0.39 is 0 Å². The van der Waals surface area contributed by atoms with Crippen molar-refractivity contribution in [3.8, 4) is 10.7 Å². The molecule has 1 atom stereocenters. The van der Waals surface area contributed by atoms with Gasteiger partial charge in [-0.3, -0.25) is 4.79 Å². The molecule has 0 aliphatic carbocycles. The zero-order chi connectivity index (χ0) is 16.2. The number of hydrogen-bond donors (Lipinski definition) is 1. The van der Waals surface area contributed by atoms with Crippen LogP contribution < -0.4 is 5.32 Å². The normalized spacial score (nSPS) is 17.1. The first-order chi connectivity index (χ1) is 11.2. The highest BCUT2D eigenvalue weighted by molar-refractivity contribution is 9.10. The van der Waals surface area contributed by atoms with E-state index in [1.54, 1.807) is 11.3 Å². The number of hydrogen-bond acceptors (Lipinski definition) is 6. The number of thiophene rings is 1. The number of aromatic nitrogens is 2. The largest absolute Gasteiger partial charge is 0.342 e. The lowest BCUT2D eigenvalue weighted by molar-refractivity contribution is -0.130. The fourth-order valence-corrected chi connectivity index (χ4v) is 4.12. The molecule has 1 saturated heterocycles. The highest BCUT2D eigenvalue weighted by Crippen LogP contribution is 2.27. The van der Waals surface area contributed by atoms with Crippen molar-refractivity contribution in [2.45, 2.75) is 19.3 Å². The summed E-state index contributed by atoms with van der Waals surface area (Å²) in [6.45, 7) is 2.66. The van der Waals surface area contributed by atoms with Gasteiger partial charge in [-0.15, -0.1) is 23.7 Å². The first kappa shape index (κ1) is 19.4. The predicted octanol–water partition coefficient (Wildman–Crippen LogP) is 2.98. The first-order valence-corrected chi connectivity index (χ1v) is 9.32. The number of nitrogens with zero attached hydrogens (tertiary/aromatic N) is 3. The highest BCUT2D eigenvalue weighted by atomic mass is 79.9. The summed E-state index contributed by atoms with van der Waals surface area (Å²) in [6.07, 6.45) is 1.98. The van der Waals surface area contributed by atoms with Crippen molar-refractivity contribution in [3.63, 3.8) is 0 Å². The molecule has 132 valence electrons. The van der Waals surface area contributed by atoms with E-state index in [1.807, 2.05) is 23.4 Å². The van der Waals surface area contributed by atoms with Crippen LogP contribution in [0.1, 0.15) is 18.7 Å². The molecule has 0 saturated carbocycles. The Morgan fingerprint density at radius 2 is 2.42 bits per heavy atom. The summed E-state index contributed by atoms with van der Waals surface area (Å²) >= 11 is 4.96. The van der Waals surface area contributed by atoms with Crippen LogP contribution in [0.3, 0.4) is 0 Å². The first-order valence-electron chi connectivity index (χ1n) is 7.65. The Morgan fingerprint density at radius 3 is 3.12 bits per heavy atom. The standard InChI is InChI=1S/C15H19BrN4O2S.ClH/c1-17-7-10-4-5-20(8-10)14(21)3-2-13-18-15(19-22-13)12-6-11(16)9-23-12;/h6,9-10,17H,2-5,7-8H2,1H3;1H. The Kier molecular flexibility index (Phi) is 7.21. The molecule has 0 aromatic carbocycles. The van der Waals surface area contributed by atoms with Crippen LogP contribution in [0.25, 0.3) is 10.7 Å². The lowest BCUT2D eigenvalue weighted by atomic mass is 10.1. The smallest absolute Gasteiger partial charge is 0.227 e. The van der Waals surface area contributed by atoms with E-state index in [1.165, 1.54) is 0 Å². The van der Waals surface area contributed by atoms with Crippen molar-refractivity contribution in [2.75, 3.05) is 26.7 Å². The highest BCUT2D eigenvalue weighted by Gasteiger charge is 2.25. The number of amides is 1. The molecule has 1 unspecified atom stereocenters. The summed E-state index contributed by atoms with van der Waals surface area (Å²) in [7, 11) is 1.95. The molecule has 2 aromatic rings. The summed E-state index contributed by atoms with van der Waals surface area (Å²) in [5.41, 5.74) is 0. The van der Waals surface area contributed by atoms with Crippen molar-refractivity contribution in [2.24, 2.45) is 5.92 Å². The molecule has 9 heteroatoms. The molecule has 24 heavy (non-hydrogen) atoms. The Morgan fingerprint density at radius 1 is 1.58 bits per heavy atom. The third-order valence-corrected chi connectivity index (χ3v) is 5.63. The Hall–Kier alpha value is -0.960. The van der Waals surface area contributed by atoms with Crippen molar-refractivity contribution >= 4 is 45.6 Å². The van der Waals surface area contributed by atoms with Crippen LogP contribution in [0, 0.1) is 5.92 Å². The number of aryl methyl sites for hydroxylation is 1. The average molecular weight is 436 g/mol. The summed E-state index contributed by atoms with van der Waals surface area (Å²) in [6, 6.07) is 1.95. The van der Waals surface area contributed by atoms with Gasteiger partial charge >= 0.3 is 0 Å². The second kappa shape index (κ2) is 8.94. The van der Waals surface area contributed by atoms with Crippen LogP contribution in [0.4, 0.5) is 0 Å². The number of likely N-dealkylation sites (tertiary alicyclic amines) is 1. The minimum Gasteiger partial charge on any atom is -0.342 e. The molecule has 2 aromatic heterocycles. The number of carbonyl (C=O) groups excluding carboxylic acids is 1. The number of rotatable bonds is 6. The van der Waals surface area contributed by atoms with Crippen molar-refractivity contribution in [1.29, 1.82) is 0 Å². The third-order valence-electron chi connectivity index (χ3n) is 3.94.